The predicted octanol–water partition coefficient (Wildman–Crippen LogP) is 3.71. The highest BCUT2D eigenvalue weighted by Crippen LogP contribution is 2.14. The maximum absolute atomic E-state index is 3.62. The number of benzene rings is 1. The van der Waals surface area contributed by atoms with E-state index in [9.17, 15) is 0 Å². The second-order valence-electron chi connectivity index (χ2n) is 5.27. The monoisotopic (exact) mass is 231 g/mol. The van der Waals surface area contributed by atoms with Gasteiger partial charge in [0.05, 0.1) is 0 Å². The summed E-state index contributed by atoms with van der Waals surface area (Å²) in [6.45, 7) is 3.46. The van der Waals surface area contributed by atoms with Gasteiger partial charge in [-0.15, -0.1) is 0 Å². The average molecular weight is 231 g/mol. The van der Waals surface area contributed by atoms with Gasteiger partial charge in [0.1, 0.15) is 0 Å². The zero-order valence-corrected chi connectivity index (χ0v) is 11.0. The molecule has 1 aliphatic heterocycles. The van der Waals surface area contributed by atoms with E-state index in [4.69, 9.17) is 0 Å². The van der Waals surface area contributed by atoms with Crippen LogP contribution < -0.4 is 5.32 Å². The van der Waals surface area contributed by atoms with Crippen molar-refractivity contribution in [3.8, 4) is 0 Å². The molecular weight excluding hydrogens is 206 g/mol. The lowest BCUT2D eigenvalue weighted by molar-refractivity contribution is 0.399. The Morgan fingerprint density at radius 3 is 2.53 bits per heavy atom. The summed E-state index contributed by atoms with van der Waals surface area (Å²) in [5.41, 5.74) is 2.98. The molecule has 1 aliphatic rings. The second kappa shape index (κ2) is 6.80. The average Bonchev–Trinajstić information content (AvgIpc) is 2.39. The Bertz CT molecular complexity index is 309. The van der Waals surface area contributed by atoms with Crippen LogP contribution in [0.2, 0.25) is 0 Å². The summed E-state index contributed by atoms with van der Waals surface area (Å²) in [5, 5.41) is 3.62. The van der Waals surface area contributed by atoms with E-state index in [-0.39, 0.29) is 0 Å². The van der Waals surface area contributed by atoms with Gasteiger partial charge in [-0.05, 0) is 49.8 Å². The van der Waals surface area contributed by atoms with Crippen LogP contribution in [-0.2, 0) is 12.8 Å². The fourth-order valence-electron chi connectivity index (χ4n) is 2.61. The lowest BCUT2D eigenvalue weighted by Gasteiger charge is -2.23. The third kappa shape index (κ3) is 4.16. The zero-order chi connectivity index (χ0) is 11.9. The van der Waals surface area contributed by atoms with E-state index in [2.05, 4.69) is 36.5 Å². The molecule has 1 unspecified atom stereocenters. The summed E-state index contributed by atoms with van der Waals surface area (Å²) >= 11 is 0. The maximum Gasteiger partial charge on any atom is 0.0107 e. The van der Waals surface area contributed by atoms with Crippen molar-refractivity contribution >= 4 is 0 Å². The van der Waals surface area contributed by atoms with Gasteiger partial charge in [-0.1, -0.05) is 44.0 Å². The Balaban J connectivity index is 1.84. The topological polar surface area (TPSA) is 12.0 Å². The molecule has 94 valence electrons. The third-order valence-corrected chi connectivity index (χ3v) is 3.74. The Hall–Kier alpha value is -0.820. The molecule has 1 heteroatoms. The SMILES string of the molecule is CCCCc1ccc(CC2CCCCN2)cc1. The molecule has 2 rings (SSSR count). The summed E-state index contributed by atoms with van der Waals surface area (Å²) in [6.07, 6.45) is 9.13. The van der Waals surface area contributed by atoms with Crippen molar-refractivity contribution in [1.29, 1.82) is 0 Å². The van der Waals surface area contributed by atoms with Gasteiger partial charge in [0, 0.05) is 6.04 Å². The normalized spacial score (nSPS) is 20.4. The van der Waals surface area contributed by atoms with Crippen molar-refractivity contribution in [2.45, 2.75) is 57.9 Å². The second-order valence-corrected chi connectivity index (χ2v) is 5.27. The molecule has 0 bridgehead atoms. The molecule has 1 heterocycles. The van der Waals surface area contributed by atoms with Crippen molar-refractivity contribution in [3.05, 3.63) is 35.4 Å². The van der Waals surface area contributed by atoms with E-state index in [1.165, 1.54) is 62.6 Å². The van der Waals surface area contributed by atoms with E-state index in [0.717, 1.165) is 0 Å². The van der Waals surface area contributed by atoms with Crippen molar-refractivity contribution in [2.75, 3.05) is 6.54 Å². The van der Waals surface area contributed by atoms with Gasteiger partial charge in [-0.3, -0.25) is 0 Å². The quantitative estimate of drug-likeness (QED) is 0.814. The standard InChI is InChI=1S/C16H25N/c1-2-3-6-14-8-10-15(11-9-14)13-16-7-4-5-12-17-16/h8-11,16-17H,2-7,12-13H2,1H3. The first-order valence-corrected chi connectivity index (χ1v) is 7.19. The number of hydrogen-bond acceptors (Lipinski definition) is 1. The molecule has 0 amide bonds. The molecule has 17 heavy (non-hydrogen) atoms. The molecule has 0 radical (unpaired) electrons. The van der Waals surface area contributed by atoms with Crippen LogP contribution in [0.25, 0.3) is 0 Å². The minimum atomic E-state index is 0.713. The highest BCUT2D eigenvalue weighted by atomic mass is 14.9. The van der Waals surface area contributed by atoms with Gasteiger partial charge < -0.3 is 5.32 Å². The predicted molar refractivity (Wildman–Crippen MR) is 74.4 cm³/mol. The molecule has 1 saturated heterocycles. The van der Waals surface area contributed by atoms with Crippen molar-refractivity contribution < 1.29 is 0 Å². The molecule has 1 aromatic rings. The maximum atomic E-state index is 3.62. The molecule has 0 spiro atoms. The number of rotatable bonds is 5. The Morgan fingerprint density at radius 2 is 1.88 bits per heavy atom. The first-order valence-electron chi connectivity index (χ1n) is 7.19. The number of nitrogens with one attached hydrogen (secondary N) is 1. The van der Waals surface area contributed by atoms with Gasteiger partial charge in [-0.2, -0.15) is 0 Å². The van der Waals surface area contributed by atoms with Gasteiger partial charge in [0.15, 0.2) is 0 Å². The van der Waals surface area contributed by atoms with E-state index < -0.39 is 0 Å². The molecule has 1 aromatic carbocycles. The first kappa shape index (κ1) is 12.6. The summed E-state index contributed by atoms with van der Waals surface area (Å²) in [7, 11) is 0. The molecule has 1 fully saturated rings. The number of unbranched alkanes of at least 4 members (excludes halogenated alkanes) is 1. The van der Waals surface area contributed by atoms with Crippen LogP contribution in [0.1, 0.15) is 50.2 Å². The summed E-state index contributed by atoms with van der Waals surface area (Å²) in [6, 6.07) is 9.98. The fourth-order valence-corrected chi connectivity index (χ4v) is 2.61. The van der Waals surface area contributed by atoms with Gasteiger partial charge in [-0.25, -0.2) is 0 Å². The van der Waals surface area contributed by atoms with Crippen LogP contribution in [0.15, 0.2) is 24.3 Å². The van der Waals surface area contributed by atoms with Crippen LogP contribution in [0.5, 0.6) is 0 Å². The molecule has 1 atom stereocenters. The third-order valence-electron chi connectivity index (χ3n) is 3.74. The van der Waals surface area contributed by atoms with E-state index in [1.54, 1.807) is 0 Å². The Kier molecular flexibility index (Phi) is 5.06. The number of aryl methyl sites for hydroxylation is 1. The lowest BCUT2D eigenvalue weighted by atomic mass is 9.97. The molecule has 1 nitrogen and oxygen atoms in total. The summed E-state index contributed by atoms with van der Waals surface area (Å²) < 4.78 is 0. The van der Waals surface area contributed by atoms with E-state index in [1.807, 2.05) is 0 Å². The van der Waals surface area contributed by atoms with E-state index >= 15 is 0 Å². The molecule has 0 aliphatic carbocycles. The Labute approximate surface area is 106 Å². The van der Waals surface area contributed by atoms with Crippen LogP contribution in [0.4, 0.5) is 0 Å². The number of hydrogen-bond donors (Lipinski definition) is 1. The van der Waals surface area contributed by atoms with Gasteiger partial charge in [0.25, 0.3) is 0 Å². The smallest absolute Gasteiger partial charge is 0.0107 e. The number of piperidine rings is 1. The molecule has 0 saturated carbocycles. The minimum Gasteiger partial charge on any atom is -0.314 e. The van der Waals surface area contributed by atoms with E-state index in [0.29, 0.717) is 6.04 Å². The van der Waals surface area contributed by atoms with Crippen LogP contribution >= 0.6 is 0 Å². The minimum absolute atomic E-state index is 0.713. The van der Waals surface area contributed by atoms with Crippen molar-refractivity contribution in [2.24, 2.45) is 0 Å². The highest BCUT2D eigenvalue weighted by molar-refractivity contribution is 5.23. The van der Waals surface area contributed by atoms with Gasteiger partial charge >= 0.3 is 0 Å². The highest BCUT2D eigenvalue weighted by Gasteiger charge is 2.12. The largest absolute Gasteiger partial charge is 0.314 e. The lowest BCUT2D eigenvalue weighted by Crippen LogP contribution is -2.35. The molecule has 1 N–H and O–H groups in total. The fraction of sp³-hybridized carbons (Fsp3) is 0.625. The summed E-state index contributed by atoms with van der Waals surface area (Å²) in [4.78, 5) is 0. The Morgan fingerprint density at radius 1 is 1.12 bits per heavy atom. The van der Waals surface area contributed by atoms with Crippen LogP contribution in [-0.4, -0.2) is 12.6 Å². The van der Waals surface area contributed by atoms with Crippen molar-refractivity contribution in [1.82, 2.24) is 5.32 Å². The zero-order valence-electron chi connectivity index (χ0n) is 11.0. The molecule has 0 aromatic heterocycles. The molecular formula is C16H25N. The van der Waals surface area contributed by atoms with Gasteiger partial charge in [0.2, 0.25) is 0 Å². The van der Waals surface area contributed by atoms with Crippen LogP contribution in [0, 0.1) is 0 Å². The van der Waals surface area contributed by atoms with Crippen molar-refractivity contribution in [3.63, 3.8) is 0 Å². The van der Waals surface area contributed by atoms with Crippen LogP contribution in [0.3, 0.4) is 0 Å². The summed E-state index contributed by atoms with van der Waals surface area (Å²) in [5.74, 6) is 0. The first-order chi connectivity index (χ1) is 8.38.